The Labute approximate surface area is 171 Å². The minimum absolute atomic E-state index is 0.210. The van der Waals surface area contributed by atoms with E-state index in [1.807, 2.05) is 17.0 Å². The van der Waals surface area contributed by atoms with E-state index in [1.165, 1.54) is 18.2 Å². The first-order chi connectivity index (χ1) is 14.5. The van der Waals surface area contributed by atoms with Crippen molar-refractivity contribution in [3.63, 3.8) is 0 Å². The third-order valence-electron chi connectivity index (χ3n) is 5.17. The molecule has 0 spiro atoms. The van der Waals surface area contributed by atoms with Crippen LogP contribution in [0.25, 0.3) is 11.3 Å². The van der Waals surface area contributed by atoms with Crippen LogP contribution in [0.5, 0.6) is 0 Å². The van der Waals surface area contributed by atoms with Gasteiger partial charge in [0.25, 0.3) is 0 Å². The van der Waals surface area contributed by atoms with Gasteiger partial charge in [0.2, 0.25) is 5.91 Å². The van der Waals surface area contributed by atoms with E-state index in [9.17, 15) is 18.0 Å². The van der Waals surface area contributed by atoms with Crippen molar-refractivity contribution in [1.29, 1.82) is 0 Å². The Bertz CT molecular complexity index is 1030. The first-order valence-electron chi connectivity index (χ1n) is 9.60. The van der Waals surface area contributed by atoms with Gasteiger partial charge < -0.3 is 10.2 Å². The van der Waals surface area contributed by atoms with Gasteiger partial charge in [-0.2, -0.15) is 0 Å². The minimum Gasteiger partial charge on any atom is -0.355 e. The highest BCUT2D eigenvalue weighted by Gasteiger charge is 2.26. The number of hydrogen-bond donors (Lipinski definition) is 1. The van der Waals surface area contributed by atoms with Gasteiger partial charge in [0, 0.05) is 36.3 Å². The molecule has 1 aromatic heterocycles. The molecule has 2 aromatic carbocycles. The number of carbonyl (C=O) groups is 1. The van der Waals surface area contributed by atoms with Crippen LogP contribution in [0.2, 0.25) is 0 Å². The molecule has 2 heterocycles. The molecule has 0 atom stereocenters. The number of piperidine rings is 1. The zero-order chi connectivity index (χ0) is 21.1. The summed E-state index contributed by atoms with van der Waals surface area (Å²) in [5.74, 6) is -1.97. The van der Waals surface area contributed by atoms with Gasteiger partial charge in [0.1, 0.15) is 5.82 Å². The first kappa shape index (κ1) is 19.9. The van der Waals surface area contributed by atoms with Gasteiger partial charge >= 0.3 is 0 Å². The quantitative estimate of drug-likeness (QED) is 0.690. The van der Waals surface area contributed by atoms with E-state index in [1.54, 1.807) is 12.1 Å². The predicted octanol–water partition coefficient (Wildman–Crippen LogP) is 4.42. The summed E-state index contributed by atoms with van der Waals surface area (Å²) in [7, 11) is 0. The predicted molar refractivity (Wildman–Crippen MR) is 107 cm³/mol. The largest absolute Gasteiger partial charge is 0.355 e. The highest BCUT2D eigenvalue weighted by Crippen LogP contribution is 2.25. The Morgan fingerprint density at radius 2 is 1.63 bits per heavy atom. The number of carbonyl (C=O) groups excluding carboxylic acids is 1. The lowest BCUT2D eigenvalue weighted by Gasteiger charge is -2.31. The van der Waals surface area contributed by atoms with Gasteiger partial charge in [0.05, 0.1) is 5.69 Å². The van der Waals surface area contributed by atoms with Crippen molar-refractivity contribution in [2.75, 3.05) is 23.3 Å². The first-order valence-corrected chi connectivity index (χ1v) is 9.60. The van der Waals surface area contributed by atoms with Crippen molar-refractivity contribution in [3.8, 4) is 11.3 Å². The molecule has 3 aromatic rings. The number of nitrogens with one attached hydrogen (secondary N) is 1. The zero-order valence-corrected chi connectivity index (χ0v) is 16.0. The summed E-state index contributed by atoms with van der Waals surface area (Å²) in [5.41, 5.74) is 1.67. The van der Waals surface area contributed by atoms with Gasteiger partial charge in [-0.3, -0.25) is 4.79 Å². The van der Waals surface area contributed by atoms with Crippen molar-refractivity contribution < 1.29 is 18.0 Å². The normalized spacial score (nSPS) is 14.6. The highest BCUT2D eigenvalue weighted by molar-refractivity contribution is 5.92. The smallest absolute Gasteiger partial charge is 0.227 e. The fourth-order valence-electron chi connectivity index (χ4n) is 3.46. The van der Waals surface area contributed by atoms with E-state index in [2.05, 4.69) is 15.5 Å². The number of halogens is 3. The Kier molecular flexibility index (Phi) is 5.65. The molecule has 1 amide bonds. The van der Waals surface area contributed by atoms with Crippen LogP contribution >= 0.6 is 0 Å². The average molecular weight is 412 g/mol. The van der Waals surface area contributed by atoms with Crippen LogP contribution in [0.3, 0.4) is 0 Å². The number of benzene rings is 2. The molecule has 0 bridgehead atoms. The van der Waals surface area contributed by atoms with Crippen LogP contribution < -0.4 is 10.2 Å². The standard InChI is InChI=1S/C22H19F3N4O/c23-16-3-1-14(2-4-16)20-7-8-21(28-27-20)29-11-9-15(10-12-29)22(30)26-17-5-6-18(24)19(25)13-17/h1-8,13,15H,9-12H2,(H,26,30). The minimum atomic E-state index is -0.995. The Hall–Kier alpha value is -3.42. The second kappa shape index (κ2) is 8.52. The number of rotatable bonds is 4. The SMILES string of the molecule is O=C(Nc1ccc(F)c(F)c1)C1CCN(c2ccc(-c3ccc(F)cc3)nn2)CC1. The fourth-order valence-corrected chi connectivity index (χ4v) is 3.46. The summed E-state index contributed by atoms with van der Waals surface area (Å²) < 4.78 is 39.4. The van der Waals surface area contributed by atoms with Crippen LogP contribution in [0.4, 0.5) is 24.7 Å². The summed E-state index contributed by atoms with van der Waals surface area (Å²) in [4.78, 5) is 14.5. The van der Waals surface area contributed by atoms with E-state index in [0.717, 1.165) is 17.7 Å². The molecule has 1 aliphatic rings. The number of aromatic nitrogens is 2. The third kappa shape index (κ3) is 4.42. The topological polar surface area (TPSA) is 58.1 Å². The molecule has 1 aliphatic heterocycles. The fraction of sp³-hybridized carbons (Fsp3) is 0.227. The molecule has 1 fully saturated rings. The third-order valence-corrected chi connectivity index (χ3v) is 5.17. The number of amides is 1. The molecular weight excluding hydrogens is 393 g/mol. The average Bonchev–Trinajstić information content (AvgIpc) is 2.77. The molecule has 0 radical (unpaired) electrons. The molecule has 8 heteroatoms. The summed E-state index contributed by atoms with van der Waals surface area (Å²) in [6.07, 6.45) is 1.22. The van der Waals surface area contributed by atoms with E-state index in [4.69, 9.17) is 0 Å². The second-order valence-electron chi connectivity index (χ2n) is 7.16. The highest BCUT2D eigenvalue weighted by atomic mass is 19.2. The summed E-state index contributed by atoms with van der Waals surface area (Å²) in [6, 6.07) is 13.0. The summed E-state index contributed by atoms with van der Waals surface area (Å²) in [6.45, 7) is 1.25. The lowest BCUT2D eigenvalue weighted by molar-refractivity contribution is -0.120. The Balaban J connectivity index is 1.34. The van der Waals surface area contributed by atoms with Crippen molar-refractivity contribution in [2.24, 2.45) is 5.92 Å². The molecule has 0 aliphatic carbocycles. The lowest BCUT2D eigenvalue weighted by atomic mass is 9.95. The molecule has 4 rings (SSSR count). The van der Waals surface area contributed by atoms with Gasteiger partial charge in [-0.15, -0.1) is 10.2 Å². The van der Waals surface area contributed by atoms with Gasteiger partial charge in [-0.1, -0.05) is 0 Å². The van der Waals surface area contributed by atoms with Gasteiger partial charge in [0.15, 0.2) is 17.5 Å². The van der Waals surface area contributed by atoms with Crippen LogP contribution in [0.15, 0.2) is 54.6 Å². The molecule has 30 heavy (non-hydrogen) atoms. The molecule has 0 saturated carbocycles. The van der Waals surface area contributed by atoms with E-state index in [0.29, 0.717) is 37.4 Å². The number of hydrogen-bond acceptors (Lipinski definition) is 4. The molecule has 1 saturated heterocycles. The molecule has 0 unspecified atom stereocenters. The van der Waals surface area contributed by atoms with Crippen molar-refractivity contribution in [1.82, 2.24) is 10.2 Å². The lowest BCUT2D eigenvalue weighted by Crippen LogP contribution is -2.38. The maximum atomic E-state index is 13.3. The molecule has 5 nitrogen and oxygen atoms in total. The van der Waals surface area contributed by atoms with Crippen molar-refractivity contribution in [2.45, 2.75) is 12.8 Å². The van der Waals surface area contributed by atoms with Crippen molar-refractivity contribution >= 4 is 17.4 Å². The van der Waals surface area contributed by atoms with Gasteiger partial charge in [-0.05, 0) is 61.4 Å². The van der Waals surface area contributed by atoms with Crippen molar-refractivity contribution in [3.05, 3.63) is 72.0 Å². The van der Waals surface area contributed by atoms with Crippen LogP contribution in [0.1, 0.15) is 12.8 Å². The van der Waals surface area contributed by atoms with Crippen LogP contribution in [-0.4, -0.2) is 29.2 Å². The summed E-state index contributed by atoms with van der Waals surface area (Å²) >= 11 is 0. The molecule has 1 N–H and O–H groups in total. The van der Waals surface area contributed by atoms with E-state index < -0.39 is 11.6 Å². The maximum Gasteiger partial charge on any atom is 0.227 e. The molecule has 154 valence electrons. The zero-order valence-electron chi connectivity index (χ0n) is 16.0. The maximum absolute atomic E-state index is 13.3. The Morgan fingerprint density at radius 1 is 0.900 bits per heavy atom. The number of nitrogens with zero attached hydrogens (tertiary/aromatic N) is 3. The number of anilines is 2. The van der Waals surface area contributed by atoms with Crippen LogP contribution in [0, 0.1) is 23.4 Å². The van der Waals surface area contributed by atoms with Gasteiger partial charge in [-0.25, -0.2) is 13.2 Å². The summed E-state index contributed by atoms with van der Waals surface area (Å²) in [5, 5.41) is 11.1. The second-order valence-corrected chi connectivity index (χ2v) is 7.16. The van der Waals surface area contributed by atoms with E-state index in [-0.39, 0.29) is 23.3 Å². The monoisotopic (exact) mass is 412 g/mol. The van der Waals surface area contributed by atoms with Crippen LogP contribution in [-0.2, 0) is 4.79 Å². The molecular formula is C22H19F3N4O. The van der Waals surface area contributed by atoms with E-state index >= 15 is 0 Å². The Morgan fingerprint density at radius 3 is 2.27 bits per heavy atom.